The standard InChI is InChI=1S/C11H13NO2S/c1-11(2,3)14-10(13)9-8(12-9)7-5-4-6-15-7/h4-6,9H,1-3H3/t9-/m1/s1. The summed E-state index contributed by atoms with van der Waals surface area (Å²) in [6, 6.07) is 3.56. The number of hydrogen-bond donors (Lipinski definition) is 0. The molecule has 2 heterocycles. The summed E-state index contributed by atoms with van der Waals surface area (Å²) in [5, 5.41) is 1.97. The fraction of sp³-hybridized carbons (Fsp3) is 0.455. The van der Waals surface area contributed by atoms with Crippen LogP contribution in [-0.4, -0.2) is 23.3 Å². The van der Waals surface area contributed by atoms with Crippen molar-refractivity contribution in [3.8, 4) is 0 Å². The zero-order valence-electron chi connectivity index (χ0n) is 8.98. The Labute approximate surface area is 92.8 Å². The maximum atomic E-state index is 11.6. The zero-order valence-corrected chi connectivity index (χ0v) is 9.80. The molecule has 4 heteroatoms. The van der Waals surface area contributed by atoms with Gasteiger partial charge in [0.05, 0.1) is 10.6 Å². The van der Waals surface area contributed by atoms with Gasteiger partial charge in [-0.05, 0) is 32.2 Å². The van der Waals surface area contributed by atoms with E-state index in [-0.39, 0.29) is 12.0 Å². The van der Waals surface area contributed by atoms with Gasteiger partial charge in [-0.2, -0.15) is 0 Å². The van der Waals surface area contributed by atoms with Gasteiger partial charge in [-0.15, -0.1) is 11.3 Å². The Kier molecular flexibility index (Phi) is 2.38. The first-order chi connectivity index (χ1) is 6.97. The second-order valence-electron chi connectivity index (χ2n) is 4.43. The van der Waals surface area contributed by atoms with Crippen molar-refractivity contribution < 1.29 is 9.53 Å². The molecule has 0 aliphatic carbocycles. The maximum Gasteiger partial charge on any atom is 0.337 e. The smallest absolute Gasteiger partial charge is 0.337 e. The Bertz CT molecular complexity index is 401. The van der Waals surface area contributed by atoms with E-state index >= 15 is 0 Å². The highest BCUT2D eigenvalue weighted by atomic mass is 32.1. The average Bonchev–Trinajstić information content (AvgIpc) is 2.71. The Morgan fingerprint density at radius 2 is 2.27 bits per heavy atom. The number of aliphatic imine (C=N–C) groups is 1. The van der Waals surface area contributed by atoms with Crippen molar-refractivity contribution in [1.29, 1.82) is 0 Å². The second kappa shape index (κ2) is 3.45. The van der Waals surface area contributed by atoms with Crippen LogP contribution >= 0.6 is 11.3 Å². The first-order valence-electron chi connectivity index (χ1n) is 4.82. The molecule has 3 nitrogen and oxygen atoms in total. The van der Waals surface area contributed by atoms with Crippen molar-refractivity contribution in [1.82, 2.24) is 0 Å². The molecule has 15 heavy (non-hydrogen) atoms. The molecule has 0 fully saturated rings. The molecule has 0 saturated carbocycles. The Morgan fingerprint density at radius 3 is 2.80 bits per heavy atom. The molecule has 0 unspecified atom stereocenters. The largest absolute Gasteiger partial charge is 0.458 e. The van der Waals surface area contributed by atoms with Crippen LogP contribution in [-0.2, 0) is 9.53 Å². The van der Waals surface area contributed by atoms with Gasteiger partial charge in [-0.3, -0.25) is 4.99 Å². The van der Waals surface area contributed by atoms with Crippen LogP contribution in [0.2, 0.25) is 0 Å². The molecular weight excluding hydrogens is 210 g/mol. The second-order valence-corrected chi connectivity index (χ2v) is 5.38. The third-order valence-corrected chi connectivity index (χ3v) is 2.76. The summed E-state index contributed by atoms with van der Waals surface area (Å²) in [4.78, 5) is 16.8. The van der Waals surface area contributed by atoms with E-state index in [0.29, 0.717) is 0 Å². The Hall–Kier alpha value is -1.16. The van der Waals surface area contributed by atoms with Crippen LogP contribution in [0.4, 0.5) is 0 Å². The number of carbonyl (C=O) groups excluding carboxylic acids is 1. The van der Waals surface area contributed by atoms with E-state index in [0.717, 1.165) is 10.6 Å². The number of nitrogens with zero attached hydrogens (tertiary/aromatic N) is 1. The number of carbonyl (C=O) groups is 1. The Balaban J connectivity index is 1.93. The number of rotatable bonds is 2. The third-order valence-electron chi connectivity index (χ3n) is 1.86. The normalized spacial score (nSPS) is 19.7. The fourth-order valence-corrected chi connectivity index (χ4v) is 1.99. The topological polar surface area (TPSA) is 38.7 Å². The average molecular weight is 223 g/mol. The number of hydrogen-bond acceptors (Lipinski definition) is 4. The van der Waals surface area contributed by atoms with Crippen LogP contribution < -0.4 is 0 Å². The minimum atomic E-state index is -0.435. The molecule has 1 aliphatic heterocycles. The van der Waals surface area contributed by atoms with Gasteiger partial charge in [0.1, 0.15) is 5.60 Å². The molecular formula is C11H13NO2S. The molecule has 0 bridgehead atoms. The van der Waals surface area contributed by atoms with E-state index in [1.54, 1.807) is 11.3 Å². The molecule has 0 saturated heterocycles. The summed E-state index contributed by atoms with van der Waals surface area (Å²) in [5.41, 5.74) is 0.426. The lowest BCUT2D eigenvalue weighted by atomic mass is 10.2. The number of ether oxygens (including phenoxy) is 1. The molecule has 1 atom stereocenters. The lowest BCUT2D eigenvalue weighted by molar-refractivity contribution is -0.153. The predicted octanol–water partition coefficient (Wildman–Crippen LogP) is 2.26. The van der Waals surface area contributed by atoms with Gasteiger partial charge in [0.25, 0.3) is 0 Å². The van der Waals surface area contributed by atoms with Crippen molar-refractivity contribution in [3.63, 3.8) is 0 Å². The van der Waals surface area contributed by atoms with E-state index in [9.17, 15) is 4.79 Å². The molecule has 0 amide bonds. The highest BCUT2D eigenvalue weighted by molar-refractivity contribution is 7.12. The van der Waals surface area contributed by atoms with Gasteiger partial charge in [-0.1, -0.05) is 6.07 Å². The number of thiophene rings is 1. The molecule has 0 N–H and O–H groups in total. The summed E-state index contributed by atoms with van der Waals surface area (Å²) >= 11 is 1.59. The van der Waals surface area contributed by atoms with Crippen molar-refractivity contribution in [2.45, 2.75) is 32.4 Å². The highest BCUT2D eigenvalue weighted by Crippen LogP contribution is 2.25. The van der Waals surface area contributed by atoms with Crippen molar-refractivity contribution in [2.24, 2.45) is 4.99 Å². The van der Waals surface area contributed by atoms with Crippen LogP contribution in [0.5, 0.6) is 0 Å². The summed E-state index contributed by atoms with van der Waals surface area (Å²) in [5.74, 6) is -0.245. The van der Waals surface area contributed by atoms with E-state index in [4.69, 9.17) is 4.74 Å². The van der Waals surface area contributed by atoms with E-state index in [2.05, 4.69) is 4.99 Å². The van der Waals surface area contributed by atoms with Crippen molar-refractivity contribution >= 4 is 23.0 Å². The van der Waals surface area contributed by atoms with Gasteiger partial charge < -0.3 is 4.74 Å². The minimum absolute atomic E-state index is 0.245. The van der Waals surface area contributed by atoms with Crippen LogP contribution in [0.15, 0.2) is 22.5 Å². The molecule has 1 aliphatic rings. The molecule has 80 valence electrons. The molecule has 1 aromatic heterocycles. The van der Waals surface area contributed by atoms with Gasteiger partial charge in [-0.25, -0.2) is 4.79 Å². The van der Waals surface area contributed by atoms with Crippen LogP contribution in [0.3, 0.4) is 0 Å². The van der Waals surface area contributed by atoms with Crippen LogP contribution in [0, 0.1) is 0 Å². The number of esters is 1. The minimum Gasteiger partial charge on any atom is -0.458 e. The third kappa shape index (κ3) is 2.45. The predicted molar refractivity (Wildman–Crippen MR) is 60.5 cm³/mol. The summed E-state index contributed by atoms with van der Waals surface area (Å²) < 4.78 is 5.24. The summed E-state index contributed by atoms with van der Waals surface area (Å²) in [6.07, 6.45) is 0. The lowest BCUT2D eigenvalue weighted by Gasteiger charge is -2.18. The zero-order chi connectivity index (χ0) is 11.1. The Morgan fingerprint density at radius 1 is 1.53 bits per heavy atom. The van der Waals surface area contributed by atoms with Crippen LogP contribution in [0.25, 0.3) is 0 Å². The maximum absolute atomic E-state index is 11.6. The molecule has 0 radical (unpaired) electrons. The summed E-state index contributed by atoms with van der Waals surface area (Å²) in [7, 11) is 0. The monoisotopic (exact) mass is 223 g/mol. The van der Waals surface area contributed by atoms with Crippen molar-refractivity contribution in [3.05, 3.63) is 22.4 Å². The summed E-state index contributed by atoms with van der Waals surface area (Å²) in [6.45, 7) is 5.58. The molecule has 2 rings (SSSR count). The van der Waals surface area contributed by atoms with E-state index in [1.807, 2.05) is 38.3 Å². The van der Waals surface area contributed by atoms with Gasteiger partial charge in [0.15, 0.2) is 6.04 Å². The van der Waals surface area contributed by atoms with E-state index < -0.39 is 5.60 Å². The fourth-order valence-electron chi connectivity index (χ4n) is 1.25. The first-order valence-corrected chi connectivity index (χ1v) is 5.70. The van der Waals surface area contributed by atoms with Gasteiger partial charge >= 0.3 is 5.97 Å². The highest BCUT2D eigenvalue weighted by Gasteiger charge is 2.39. The van der Waals surface area contributed by atoms with E-state index in [1.165, 1.54) is 0 Å². The van der Waals surface area contributed by atoms with Crippen LogP contribution in [0.1, 0.15) is 25.6 Å². The van der Waals surface area contributed by atoms with Gasteiger partial charge in [0, 0.05) is 0 Å². The quantitative estimate of drug-likeness (QED) is 0.721. The first kappa shape index (κ1) is 10.4. The van der Waals surface area contributed by atoms with Crippen molar-refractivity contribution in [2.75, 3.05) is 0 Å². The molecule has 0 aromatic carbocycles. The molecule has 0 spiro atoms. The molecule has 1 aromatic rings. The SMILES string of the molecule is CC(C)(C)OC(=O)[C@@H]1N=C1c1cccs1. The van der Waals surface area contributed by atoms with Gasteiger partial charge in [0.2, 0.25) is 0 Å². The lowest BCUT2D eigenvalue weighted by Crippen LogP contribution is -2.28.